The number of carbonyl (C=O) groups excluding carboxylic acids is 2. The highest BCUT2D eigenvalue weighted by Gasteiger charge is 2.37. The van der Waals surface area contributed by atoms with Crippen LogP contribution in [0.15, 0.2) is 12.4 Å². The minimum Gasteiger partial charge on any atom is -0.378 e. The van der Waals surface area contributed by atoms with E-state index >= 15 is 0 Å². The number of ether oxygens (including phenoxy) is 1. The Bertz CT molecular complexity index is 725. The summed E-state index contributed by atoms with van der Waals surface area (Å²) in [7, 11) is 0. The van der Waals surface area contributed by atoms with E-state index in [9.17, 15) is 9.59 Å². The topological polar surface area (TPSA) is 100 Å². The quantitative estimate of drug-likeness (QED) is 0.852. The second kappa shape index (κ2) is 7.46. The lowest BCUT2D eigenvalue weighted by molar-refractivity contribution is -0.136. The summed E-state index contributed by atoms with van der Waals surface area (Å²) in [4.78, 5) is 26.9. The standard InChI is InChI=1S/C18H25N5O3/c1-13-6-15(11-26-13)17(25)21-18(2)4-3-5-22(12-18)16(24)10-23-9-14(7-19)8-20-23/h8-9,13,15H,3-6,10-12H2,1-2H3,(H,21,25). The van der Waals surface area contributed by atoms with E-state index in [1.165, 1.54) is 10.9 Å². The van der Waals surface area contributed by atoms with E-state index < -0.39 is 5.54 Å². The first kappa shape index (κ1) is 18.4. The maximum Gasteiger partial charge on any atom is 0.244 e. The van der Waals surface area contributed by atoms with Gasteiger partial charge in [-0.15, -0.1) is 0 Å². The Morgan fingerprint density at radius 1 is 1.54 bits per heavy atom. The molecule has 2 fully saturated rings. The van der Waals surface area contributed by atoms with Gasteiger partial charge in [-0.05, 0) is 33.1 Å². The van der Waals surface area contributed by atoms with Crippen molar-refractivity contribution in [3.05, 3.63) is 18.0 Å². The molecule has 140 valence electrons. The van der Waals surface area contributed by atoms with Crippen LogP contribution in [0.5, 0.6) is 0 Å². The molecular formula is C18H25N5O3. The average molecular weight is 359 g/mol. The van der Waals surface area contributed by atoms with E-state index in [1.54, 1.807) is 11.1 Å². The van der Waals surface area contributed by atoms with E-state index in [1.807, 2.05) is 19.9 Å². The van der Waals surface area contributed by atoms with E-state index in [-0.39, 0.29) is 30.4 Å². The highest BCUT2D eigenvalue weighted by molar-refractivity contribution is 5.80. The molecule has 2 aliphatic rings. The highest BCUT2D eigenvalue weighted by Crippen LogP contribution is 2.24. The van der Waals surface area contributed by atoms with Gasteiger partial charge in [-0.1, -0.05) is 0 Å². The number of piperidine rings is 1. The molecule has 3 heterocycles. The minimum atomic E-state index is -0.432. The van der Waals surface area contributed by atoms with Crippen LogP contribution in [-0.2, 0) is 20.9 Å². The second-order valence-electron chi connectivity index (χ2n) is 7.58. The van der Waals surface area contributed by atoms with E-state index in [0.717, 1.165) is 19.3 Å². The summed E-state index contributed by atoms with van der Waals surface area (Å²) in [6.45, 7) is 5.67. The molecule has 26 heavy (non-hydrogen) atoms. The summed E-state index contributed by atoms with van der Waals surface area (Å²) in [5.41, 5.74) is 0.000204. The summed E-state index contributed by atoms with van der Waals surface area (Å²) in [5, 5.41) is 16.0. The fourth-order valence-electron chi connectivity index (χ4n) is 3.70. The summed E-state index contributed by atoms with van der Waals surface area (Å²) in [5.74, 6) is -0.158. The molecule has 3 atom stereocenters. The van der Waals surface area contributed by atoms with Gasteiger partial charge in [-0.2, -0.15) is 10.4 Å². The van der Waals surface area contributed by atoms with Crippen LogP contribution in [0.1, 0.15) is 38.7 Å². The third-order valence-electron chi connectivity index (χ3n) is 5.10. The third-order valence-corrected chi connectivity index (χ3v) is 5.10. The van der Waals surface area contributed by atoms with Gasteiger partial charge in [-0.3, -0.25) is 14.3 Å². The predicted molar refractivity (Wildman–Crippen MR) is 92.8 cm³/mol. The molecule has 8 heteroatoms. The van der Waals surface area contributed by atoms with E-state index in [2.05, 4.69) is 10.4 Å². The Morgan fingerprint density at radius 3 is 3.00 bits per heavy atom. The maximum absolute atomic E-state index is 12.6. The average Bonchev–Trinajstić information content (AvgIpc) is 3.23. The number of hydrogen-bond donors (Lipinski definition) is 1. The van der Waals surface area contributed by atoms with Gasteiger partial charge >= 0.3 is 0 Å². The highest BCUT2D eigenvalue weighted by atomic mass is 16.5. The molecule has 0 aromatic carbocycles. The SMILES string of the molecule is CC1CC(C(=O)NC2(C)CCCN(C(=O)Cn3cc(C#N)cn3)C2)CO1. The van der Waals surface area contributed by atoms with Gasteiger partial charge in [0.05, 0.1) is 35.9 Å². The van der Waals surface area contributed by atoms with Crippen molar-refractivity contribution in [1.29, 1.82) is 5.26 Å². The lowest BCUT2D eigenvalue weighted by atomic mass is 9.90. The molecule has 2 amide bonds. The Morgan fingerprint density at radius 2 is 2.35 bits per heavy atom. The number of carbonyl (C=O) groups is 2. The number of nitrogens with zero attached hydrogens (tertiary/aromatic N) is 4. The van der Waals surface area contributed by atoms with Gasteiger partial charge in [0.2, 0.25) is 11.8 Å². The first-order valence-corrected chi connectivity index (χ1v) is 9.02. The van der Waals surface area contributed by atoms with Gasteiger partial charge in [0.25, 0.3) is 0 Å². The maximum atomic E-state index is 12.6. The molecule has 3 unspecified atom stereocenters. The molecule has 0 bridgehead atoms. The molecule has 1 aromatic rings. The molecule has 1 aromatic heterocycles. The van der Waals surface area contributed by atoms with Crippen molar-refractivity contribution in [3.63, 3.8) is 0 Å². The van der Waals surface area contributed by atoms with E-state index in [0.29, 0.717) is 25.3 Å². The van der Waals surface area contributed by atoms with Crippen LogP contribution in [0.3, 0.4) is 0 Å². The van der Waals surface area contributed by atoms with Crippen LogP contribution < -0.4 is 5.32 Å². The molecule has 0 spiro atoms. The van der Waals surface area contributed by atoms with Crippen molar-refractivity contribution >= 4 is 11.8 Å². The number of rotatable bonds is 4. The molecule has 2 aliphatic heterocycles. The molecule has 1 N–H and O–H groups in total. The number of aromatic nitrogens is 2. The summed E-state index contributed by atoms with van der Waals surface area (Å²) in [6.07, 6.45) is 5.54. The van der Waals surface area contributed by atoms with Crippen molar-refractivity contribution in [1.82, 2.24) is 20.0 Å². The van der Waals surface area contributed by atoms with E-state index in [4.69, 9.17) is 10.00 Å². The zero-order valence-electron chi connectivity index (χ0n) is 15.3. The second-order valence-corrected chi connectivity index (χ2v) is 7.58. The number of nitrogens with one attached hydrogen (secondary N) is 1. The zero-order chi connectivity index (χ0) is 18.7. The van der Waals surface area contributed by atoms with Crippen LogP contribution in [0, 0.1) is 17.2 Å². The molecule has 8 nitrogen and oxygen atoms in total. The number of hydrogen-bond acceptors (Lipinski definition) is 5. The van der Waals surface area contributed by atoms with Crippen molar-refractivity contribution in [2.24, 2.45) is 5.92 Å². The normalized spacial score (nSPS) is 28.6. The van der Waals surface area contributed by atoms with Crippen LogP contribution in [-0.4, -0.2) is 57.8 Å². The minimum absolute atomic E-state index is 0.0110. The monoisotopic (exact) mass is 359 g/mol. The number of nitriles is 1. The Labute approximate surface area is 153 Å². The van der Waals surface area contributed by atoms with Gasteiger partial charge in [0, 0.05) is 19.3 Å². The molecular weight excluding hydrogens is 334 g/mol. The number of likely N-dealkylation sites (tertiary alicyclic amines) is 1. The Hall–Kier alpha value is -2.40. The lowest BCUT2D eigenvalue weighted by Crippen LogP contribution is -2.59. The molecule has 3 rings (SSSR count). The third kappa shape index (κ3) is 4.22. The first-order chi connectivity index (χ1) is 12.4. The van der Waals surface area contributed by atoms with Gasteiger partial charge in [0.15, 0.2) is 0 Å². The van der Waals surface area contributed by atoms with Crippen molar-refractivity contribution in [3.8, 4) is 6.07 Å². The summed E-state index contributed by atoms with van der Waals surface area (Å²) >= 11 is 0. The van der Waals surface area contributed by atoms with Crippen LogP contribution in [0.2, 0.25) is 0 Å². The fraction of sp³-hybridized carbons (Fsp3) is 0.667. The van der Waals surface area contributed by atoms with Gasteiger partial charge in [-0.25, -0.2) is 0 Å². The zero-order valence-corrected chi connectivity index (χ0v) is 15.3. The largest absolute Gasteiger partial charge is 0.378 e. The van der Waals surface area contributed by atoms with Gasteiger partial charge < -0.3 is 15.0 Å². The van der Waals surface area contributed by atoms with Crippen LogP contribution in [0.4, 0.5) is 0 Å². The Kier molecular flexibility index (Phi) is 5.28. The number of amides is 2. The lowest BCUT2D eigenvalue weighted by Gasteiger charge is -2.41. The van der Waals surface area contributed by atoms with Crippen LogP contribution >= 0.6 is 0 Å². The Balaban J connectivity index is 1.57. The van der Waals surface area contributed by atoms with Crippen LogP contribution in [0.25, 0.3) is 0 Å². The first-order valence-electron chi connectivity index (χ1n) is 9.02. The van der Waals surface area contributed by atoms with Gasteiger partial charge in [0.1, 0.15) is 12.6 Å². The van der Waals surface area contributed by atoms with Crippen molar-refractivity contribution in [2.75, 3.05) is 19.7 Å². The predicted octanol–water partition coefficient (Wildman–Crippen LogP) is 0.677. The van der Waals surface area contributed by atoms with Crippen molar-refractivity contribution < 1.29 is 14.3 Å². The summed E-state index contributed by atoms with van der Waals surface area (Å²) in [6, 6.07) is 2.00. The smallest absolute Gasteiger partial charge is 0.244 e. The summed E-state index contributed by atoms with van der Waals surface area (Å²) < 4.78 is 6.96. The fourth-order valence-corrected chi connectivity index (χ4v) is 3.70. The molecule has 0 radical (unpaired) electrons. The molecule has 0 saturated carbocycles. The molecule has 2 saturated heterocycles. The molecule has 0 aliphatic carbocycles. The van der Waals surface area contributed by atoms with Crippen molar-refractivity contribution in [2.45, 2.75) is 51.3 Å².